The molecule has 15 heteroatoms. The van der Waals surface area contributed by atoms with Crippen LogP contribution in [0.4, 0.5) is 0 Å². The van der Waals surface area contributed by atoms with Gasteiger partial charge in [-0.1, -0.05) is 13.8 Å². The third-order valence-corrected chi connectivity index (χ3v) is 4.52. The van der Waals surface area contributed by atoms with E-state index in [1.165, 1.54) is 13.8 Å². The van der Waals surface area contributed by atoms with Crippen molar-refractivity contribution in [3.05, 3.63) is 0 Å². The van der Waals surface area contributed by atoms with Gasteiger partial charge in [0, 0.05) is 12.8 Å². The molecule has 192 valence electrons. The largest absolute Gasteiger partial charge is 0.481 e. The maximum absolute atomic E-state index is 12.7. The molecule has 34 heavy (non-hydrogen) atoms. The summed E-state index contributed by atoms with van der Waals surface area (Å²) in [6.45, 7) is 3.04. The molecule has 4 atom stereocenters. The van der Waals surface area contributed by atoms with Crippen molar-refractivity contribution < 1.29 is 54.0 Å². The number of rotatable bonds is 16. The number of aliphatic carboxylic acids is 4. The van der Waals surface area contributed by atoms with Gasteiger partial charge in [-0.05, 0) is 18.8 Å². The molecule has 0 spiro atoms. The lowest BCUT2D eigenvalue weighted by Crippen LogP contribution is -2.58. The molecule has 0 radical (unpaired) electrons. The Morgan fingerprint density at radius 1 is 0.676 bits per heavy atom. The van der Waals surface area contributed by atoms with E-state index in [0.29, 0.717) is 0 Å². The van der Waals surface area contributed by atoms with E-state index in [1.807, 2.05) is 0 Å². The number of hydrogen-bond acceptors (Lipinski definition) is 8. The van der Waals surface area contributed by atoms with Gasteiger partial charge in [0.25, 0.3) is 0 Å². The van der Waals surface area contributed by atoms with Gasteiger partial charge in [0.1, 0.15) is 18.1 Å². The summed E-state index contributed by atoms with van der Waals surface area (Å²) in [5, 5.41) is 42.2. The average molecular weight is 490 g/mol. The Balaban J connectivity index is 5.50. The minimum Gasteiger partial charge on any atom is -0.481 e. The van der Waals surface area contributed by atoms with Gasteiger partial charge in [-0.25, -0.2) is 4.79 Å². The number of carboxylic acid groups (broad SMARTS) is 4. The third kappa shape index (κ3) is 11.8. The number of carbonyl (C=O) groups is 7. The molecule has 0 fully saturated rings. The summed E-state index contributed by atoms with van der Waals surface area (Å²) in [4.78, 5) is 81.1. The van der Waals surface area contributed by atoms with E-state index in [9.17, 15) is 38.7 Å². The Labute approximate surface area is 194 Å². The standard InChI is InChI=1S/C19H30N4O11/c1-8(2)15(18(32)22-11(19(33)34)4-6-13(26)27)23-17(31)10(3-5-12(24)25)21-16(30)9(20)7-14(28)29/h8-11,15H,3-7,20H2,1-2H3,(H,21,30)(H,22,32)(H,23,31)(H,24,25)(H,26,27)(H,28,29)(H,33,34). The van der Waals surface area contributed by atoms with Crippen LogP contribution in [-0.2, 0) is 33.6 Å². The molecule has 3 amide bonds. The van der Waals surface area contributed by atoms with E-state index in [2.05, 4.69) is 16.0 Å². The predicted molar refractivity (Wildman–Crippen MR) is 112 cm³/mol. The molecule has 0 saturated heterocycles. The summed E-state index contributed by atoms with van der Waals surface area (Å²) >= 11 is 0. The molecular weight excluding hydrogens is 460 g/mol. The number of nitrogens with two attached hydrogens (primary N) is 1. The van der Waals surface area contributed by atoms with Crippen LogP contribution in [0.5, 0.6) is 0 Å². The van der Waals surface area contributed by atoms with Crippen LogP contribution in [0.15, 0.2) is 0 Å². The second kappa shape index (κ2) is 14.4. The van der Waals surface area contributed by atoms with Crippen LogP contribution in [0.3, 0.4) is 0 Å². The third-order valence-electron chi connectivity index (χ3n) is 4.52. The summed E-state index contributed by atoms with van der Waals surface area (Å²) in [5.74, 6) is -8.96. The molecule has 0 rings (SSSR count). The minimum atomic E-state index is -1.54. The normalized spacial score (nSPS) is 14.2. The Hall–Kier alpha value is -3.75. The van der Waals surface area contributed by atoms with Gasteiger partial charge in [0.15, 0.2) is 0 Å². The lowest BCUT2D eigenvalue weighted by Gasteiger charge is -2.27. The lowest BCUT2D eigenvalue weighted by molar-refractivity contribution is -0.143. The van der Waals surface area contributed by atoms with Gasteiger partial charge >= 0.3 is 23.9 Å². The second-order valence-corrected chi connectivity index (χ2v) is 7.76. The van der Waals surface area contributed by atoms with Crippen molar-refractivity contribution in [3.63, 3.8) is 0 Å². The first kappa shape index (κ1) is 30.2. The topological polar surface area (TPSA) is 263 Å². The van der Waals surface area contributed by atoms with Gasteiger partial charge < -0.3 is 42.1 Å². The SMILES string of the molecule is CC(C)C(NC(=O)C(CCC(=O)O)NC(=O)C(N)CC(=O)O)C(=O)NC(CCC(=O)O)C(=O)O. The van der Waals surface area contributed by atoms with Gasteiger partial charge in [-0.2, -0.15) is 0 Å². The monoisotopic (exact) mass is 490 g/mol. The van der Waals surface area contributed by atoms with Crippen LogP contribution in [0.2, 0.25) is 0 Å². The highest BCUT2D eigenvalue weighted by Crippen LogP contribution is 2.07. The quantitative estimate of drug-likeness (QED) is 0.114. The number of nitrogens with one attached hydrogen (secondary N) is 3. The van der Waals surface area contributed by atoms with E-state index in [0.717, 1.165) is 0 Å². The zero-order valence-corrected chi connectivity index (χ0v) is 18.6. The first-order chi connectivity index (χ1) is 15.6. The van der Waals surface area contributed by atoms with Gasteiger partial charge in [0.05, 0.1) is 12.5 Å². The van der Waals surface area contributed by atoms with Crippen molar-refractivity contribution in [1.82, 2.24) is 16.0 Å². The van der Waals surface area contributed by atoms with Crippen LogP contribution in [0.25, 0.3) is 0 Å². The van der Waals surface area contributed by atoms with Gasteiger partial charge in [-0.15, -0.1) is 0 Å². The van der Waals surface area contributed by atoms with Crippen LogP contribution in [0.1, 0.15) is 46.0 Å². The molecule has 0 aromatic heterocycles. The minimum absolute atomic E-state index is 0.407. The van der Waals surface area contributed by atoms with Crippen LogP contribution < -0.4 is 21.7 Å². The fourth-order valence-electron chi connectivity index (χ4n) is 2.67. The Morgan fingerprint density at radius 3 is 1.56 bits per heavy atom. The molecule has 0 bridgehead atoms. The molecule has 4 unspecified atom stereocenters. The predicted octanol–water partition coefficient (Wildman–Crippen LogP) is -2.29. The van der Waals surface area contributed by atoms with Gasteiger partial charge in [0.2, 0.25) is 17.7 Å². The Bertz CT molecular complexity index is 799. The molecule has 0 saturated carbocycles. The Kier molecular flexibility index (Phi) is 12.8. The lowest BCUT2D eigenvalue weighted by atomic mass is 10.0. The van der Waals surface area contributed by atoms with E-state index in [4.69, 9.17) is 21.1 Å². The molecule has 0 aliphatic carbocycles. The summed E-state index contributed by atoms with van der Waals surface area (Å²) in [6, 6.07) is -5.87. The van der Waals surface area contributed by atoms with Crippen LogP contribution in [-0.4, -0.2) is 86.2 Å². The summed E-state index contributed by atoms with van der Waals surface area (Å²) in [6.07, 6.45) is -2.65. The molecule has 0 aliphatic heterocycles. The summed E-state index contributed by atoms with van der Waals surface area (Å²) in [7, 11) is 0. The first-order valence-corrected chi connectivity index (χ1v) is 10.2. The summed E-state index contributed by atoms with van der Waals surface area (Å²) in [5.41, 5.74) is 5.45. The molecular formula is C19H30N4O11. The van der Waals surface area contributed by atoms with Crippen molar-refractivity contribution in [3.8, 4) is 0 Å². The summed E-state index contributed by atoms with van der Waals surface area (Å²) < 4.78 is 0. The zero-order valence-electron chi connectivity index (χ0n) is 18.6. The molecule has 9 N–H and O–H groups in total. The number of carboxylic acids is 4. The molecule has 0 heterocycles. The van der Waals surface area contributed by atoms with Gasteiger partial charge in [-0.3, -0.25) is 28.8 Å². The van der Waals surface area contributed by atoms with Crippen molar-refractivity contribution in [2.45, 2.75) is 70.1 Å². The van der Waals surface area contributed by atoms with E-state index >= 15 is 0 Å². The van der Waals surface area contributed by atoms with Crippen molar-refractivity contribution in [1.29, 1.82) is 0 Å². The number of amides is 3. The van der Waals surface area contributed by atoms with Crippen molar-refractivity contribution in [2.75, 3.05) is 0 Å². The molecule has 0 aromatic carbocycles. The first-order valence-electron chi connectivity index (χ1n) is 10.2. The average Bonchev–Trinajstić information content (AvgIpc) is 2.70. The fraction of sp³-hybridized carbons (Fsp3) is 0.632. The van der Waals surface area contributed by atoms with E-state index in [1.54, 1.807) is 0 Å². The molecule has 15 nitrogen and oxygen atoms in total. The number of hydrogen-bond donors (Lipinski definition) is 8. The maximum atomic E-state index is 12.7. The van der Waals surface area contributed by atoms with Crippen LogP contribution in [0, 0.1) is 5.92 Å². The van der Waals surface area contributed by atoms with E-state index < -0.39 is 104 Å². The van der Waals surface area contributed by atoms with Crippen molar-refractivity contribution >= 4 is 41.6 Å². The fourth-order valence-corrected chi connectivity index (χ4v) is 2.67. The highest BCUT2D eigenvalue weighted by molar-refractivity contribution is 5.95. The smallest absolute Gasteiger partial charge is 0.326 e. The van der Waals surface area contributed by atoms with E-state index in [-0.39, 0.29) is 0 Å². The highest BCUT2D eigenvalue weighted by atomic mass is 16.4. The molecule has 0 aliphatic rings. The Morgan fingerprint density at radius 2 is 1.15 bits per heavy atom. The number of carbonyl (C=O) groups excluding carboxylic acids is 3. The maximum Gasteiger partial charge on any atom is 0.326 e. The zero-order chi connectivity index (χ0) is 26.6. The van der Waals surface area contributed by atoms with Crippen LogP contribution >= 0.6 is 0 Å². The second-order valence-electron chi connectivity index (χ2n) is 7.76. The highest BCUT2D eigenvalue weighted by Gasteiger charge is 2.32. The molecule has 0 aromatic rings. The van der Waals surface area contributed by atoms with Crippen molar-refractivity contribution in [2.24, 2.45) is 11.7 Å².